The highest BCUT2D eigenvalue weighted by Gasteiger charge is 2.36. The van der Waals surface area contributed by atoms with Crippen molar-refractivity contribution in [3.05, 3.63) is 0 Å². The zero-order valence-electron chi connectivity index (χ0n) is 8.64. The van der Waals surface area contributed by atoms with Crippen LogP contribution in [0.15, 0.2) is 0 Å². The van der Waals surface area contributed by atoms with Gasteiger partial charge in [-0.3, -0.25) is 0 Å². The second kappa shape index (κ2) is 3.97. The highest BCUT2D eigenvalue weighted by atomic mass is 16.5. The van der Waals surface area contributed by atoms with E-state index in [4.69, 9.17) is 4.74 Å². The van der Waals surface area contributed by atoms with Gasteiger partial charge in [0.2, 0.25) is 0 Å². The summed E-state index contributed by atoms with van der Waals surface area (Å²) < 4.78 is 5.28. The lowest BCUT2D eigenvalue weighted by Crippen LogP contribution is -2.60. The molecule has 0 atom stereocenters. The van der Waals surface area contributed by atoms with Crippen LogP contribution in [0.4, 0.5) is 0 Å². The highest BCUT2D eigenvalue weighted by molar-refractivity contribution is 4.93. The Balaban J connectivity index is 1.71. The topological polar surface area (TPSA) is 21.3 Å². The molecule has 0 radical (unpaired) electrons. The molecule has 1 heterocycles. The average molecular weight is 183 g/mol. The SMILES string of the molecule is CCC1(NCC2CCCC2)COC1. The summed E-state index contributed by atoms with van der Waals surface area (Å²) in [7, 11) is 0. The van der Waals surface area contributed by atoms with Crippen molar-refractivity contribution in [2.24, 2.45) is 5.92 Å². The smallest absolute Gasteiger partial charge is 0.0671 e. The lowest BCUT2D eigenvalue weighted by atomic mass is 9.93. The molecule has 0 aromatic carbocycles. The molecule has 0 aromatic heterocycles. The van der Waals surface area contributed by atoms with Crippen molar-refractivity contribution in [3.63, 3.8) is 0 Å². The number of hydrogen-bond acceptors (Lipinski definition) is 2. The zero-order chi connectivity index (χ0) is 9.15. The summed E-state index contributed by atoms with van der Waals surface area (Å²) in [6.07, 6.45) is 6.98. The van der Waals surface area contributed by atoms with E-state index in [0.717, 1.165) is 19.1 Å². The van der Waals surface area contributed by atoms with Gasteiger partial charge in [-0.05, 0) is 31.7 Å². The molecule has 2 fully saturated rings. The van der Waals surface area contributed by atoms with E-state index in [1.807, 2.05) is 0 Å². The van der Waals surface area contributed by atoms with Crippen LogP contribution in [0.5, 0.6) is 0 Å². The Bertz CT molecular complexity index is 154. The Morgan fingerprint density at radius 1 is 1.31 bits per heavy atom. The molecule has 76 valence electrons. The first-order valence-corrected chi connectivity index (χ1v) is 5.67. The van der Waals surface area contributed by atoms with Gasteiger partial charge in [-0.2, -0.15) is 0 Å². The third-order valence-corrected chi connectivity index (χ3v) is 3.67. The summed E-state index contributed by atoms with van der Waals surface area (Å²) in [5, 5.41) is 3.70. The molecule has 0 aromatic rings. The van der Waals surface area contributed by atoms with Crippen LogP contribution >= 0.6 is 0 Å². The predicted molar refractivity (Wildman–Crippen MR) is 53.8 cm³/mol. The molecule has 2 rings (SSSR count). The number of rotatable bonds is 4. The maximum absolute atomic E-state index is 5.28. The van der Waals surface area contributed by atoms with Gasteiger partial charge >= 0.3 is 0 Å². The fraction of sp³-hybridized carbons (Fsp3) is 1.00. The van der Waals surface area contributed by atoms with Crippen molar-refractivity contribution >= 4 is 0 Å². The van der Waals surface area contributed by atoms with Crippen LogP contribution in [-0.2, 0) is 4.74 Å². The summed E-state index contributed by atoms with van der Waals surface area (Å²) in [5.41, 5.74) is 0.350. The highest BCUT2D eigenvalue weighted by Crippen LogP contribution is 2.26. The Hall–Kier alpha value is -0.0800. The van der Waals surface area contributed by atoms with Crippen LogP contribution in [0, 0.1) is 5.92 Å². The lowest BCUT2D eigenvalue weighted by molar-refractivity contribution is -0.0772. The Morgan fingerprint density at radius 3 is 2.46 bits per heavy atom. The van der Waals surface area contributed by atoms with Crippen LogP contribution < -0.4 is 5.32 Å². The zero-order valence-corrected chi connectivity index (χ0v) is 8.64. The Labute approximate surface area is 81.0 Å². The molecule has 0 unspecified atom stereocenters. The second-order valence-electron chi connectivity index (χ2n) is 4.66. The molecule has 13 heavy (non-hydrogen) atoms. The van der Waals surface area contributed by atoms with Crippen molar-refractivity contribution in [2.45, 2.75) is 44.6 Å². The summed E-state index contributed by atoms with van der Waals surface area (Å²) >= 11 is 0. The summed E-state index contributed by atoms with van der Waals surface area (Å²) in [4.78, 5) is 0. The molecule has 0 amide bonds. The maximum atomic E-state index is 5.28. The van der Waals surface area contributed by atoms with Gasteiger partial charge in [0.05, 0.1) is 18.8 Å². The van der Waals surface area contributed by atoms with Crippen LogP contribution in [0.2, 0.25) is 0 Å². The molecule has 2 aliphatic rings. The van der Waals surface area contributed by atoms with Gasteiger partial charge in [-0.15, -0.1) is 0 Å². The standard InChI is InChI=1S/C11H21NO/c1-2-11(8-13-9-11)12-7-10-5-3-4-6-10/h10,12H,2-9H2,1H3. The lowest BCUT2D eigenvalue weighted by Gasteiger charge is -2.42. The molecular weight excluding hydrogens is 162 g/mol. The molecule has 0 bridgehead atoms. The monoisotopic (exact) mass is 183 g/mol. The fourth-order valence-electron chi connectivity index (χ4n) is 2.35. The van der Waals surface area contributed by atoms with Crippen LogP contribution in [0.3, 0.4) is 0 Å². The van der Waals surface area contributed by atoms with Crippen molar-refractivity contribution in [3.8, 4) is 0 Å². The van der Waals surface area contributed by atoms with Gasteiger partial charge < -0.3 is 10.1 Å². The Kier molecular flexibility index (Phi) is 2.89. The minimum absolute atomic E-state index is 0.350. The van der Waals surface area contributed by atoms with Crippen molar-refractivity contribution < 1.29 is 4.74 Å². The van der Waals surface area contributed by atoms with Crippen molar-refractivity contribution in [1.82, 2.24) is 5.32 Å². The number of ether oxygens (including phenoxy) is 1. The average Bonchev–Trinajstić information content (AvgIpc) is 2.56. The van der Waals surface area contributed by atoms with Crippen LogP contribution in [-0.4, -0.2) is 25.3 Å². The van der Waals surface area contributed by atoms with E-state index >= 15 is 0 Å². The summed E-state index contributed by atoms with van der Waals surface area (Å²) in [5.74, 6) is 0.948. The fourth-order valence-corrected chi connectivity index (χ4v) is 2.35. The van der Waals surface area contributed by atoms with E-state index in [2.05, 4.69) is 12.2 Å². The van der Waals surface area contributed by atoms with Gasteiger partial charge in [-0.1, -0.05) is 19.8 Å². The largest absolute Gasteiger partial charge is 0.377 e. The normalized spacial score (nSPS) is 27.5. The van der Waals surface area contributed by atoms with Gasteiger partial charge in [0, 0.05) is 0 Å². The third kappa shape index (κ3) is 2.05. The first-order valence-electron chi connectivity index (χ1n) is 5.67. The molecule has 2 heteroatoms. The molecular formula is C11H21NO. The van der Waals surface area contributed by atoms with Crippen LogP contribution in [0.1, 0.15) is 39.0 Å². The summed E-state index contributed by atoms with van der Waals surface area (Å²) in [6, 6.07) is 0. The van der Waals surface area contributed by atoms with Crippen molar-refractivity contribution in [2.75, 3.05) is 19.8 Å². The van der Waals surface area contributed by atoms with E-state index in [1.54, 1.807) is 0 Å². The molecule has 1 saturated heterocycles. The number of hydrogen-bond donors (Lipinski definition) is 1. The van der Waals surface area contributed by atoms with E-state index in [9.17, 15) is 0 Å². The molecule has 0 spiro atoms. The van der Waals surface area contributed by atoms with Crippen molar-refractivity contribution in [1.29, 1.82) is 0 Å². The Morgan fingerprint density at radius 2 is 2.00 bits per heavy atom. The number of nitrogens with one attached hydrogen (secondary N) is 1. The molecule has 1 aliphatic carbocycles. The quantitative estimate of drug-likeness (QED) is 0.719. The van der Waals surface area contributed by atoms with Crippen LogP contribution in [0.25, 0.3) is 0 Å². The maximum Gasteiger partial charge on any atom is 0.0671 e. The first kappa shape index (κ1) is 9.47. The summed E-state index contributed by atoms with van der Waals surface area (Å²) in [6.45, 7) is 5.33. The molecule has 1 saturated carbocycles. The van der Waals surface area contributed by atoms with Gasteiger partial charge in [0.25, 0.3) is 0 Å². The predicted octanol–water partition coefficient (Wildman–Crippen LogP) is 1.95. The first-order chi connectivity index (χ1) is 6.35. The minimum atomic E-state index is 0.350. The van der Waals surface area contributed by atoms with E-state index in [1.165, 1.54) is 38.6 Å². The van der Waals surface area contributed by atoms with E-state index in [-0.39, 0.29) is 0 Å². The minimum Gasteiger partial charge on any atom is -0.377 e. The molecule has 1 aliphatic heterocycles. The van der Waals surface area contributed by atoms with Gasteiger partial charge in [0.15, 0.2) is 0 Å². The third-order valence-electron chi connectivity index (χ3n) is 3.67. The molecule has 2 nitrogen and oxygen atoms in total. The second-order valence-corrected chi connectivity index (χ2v) is 4.66. The van der Waals surface area contributed by atoms with Gasteiger partial charge in [-0.25, -0.2) is 0 Å². The molecule has 1 N–H and O–H groups in total. The van der Waals surface area contributed by atoms with E-state index in [0.29, 0.717) is 5.54 Å². The van der Waals surface area contributed by atoms with E-state index < -0.39 is 0 Å². The van der Waals surface area contributed by atoms with Gasteiger partial charge in [0.1, 0.15) is 0 Å².